The standard InChI is InChI=1S/C22H25FN4/c1-16-11-19(18-6-8-20(23)9-7-18)12-21(25-16)22-5-3-4-10-27(22)15-17-13-24-26(2)14-17/h6-9,11-14,22H,3-5,10,15H2,1-2H3/t22-/m0/s1. The SMILES string of the molecule is Cc1cc(-c2ccc(F)cc2)cc([C@@H]2CCCCN2Cc2cnn(C)c2)n1. The van der Waals surface area contributed by atoms with E-state index in [1.165, 1.54) is 30.5 Å². The van der Waals surface area contributed by atoms with Gasteiger partial charge in [0.2, 0.25) is 0 Å². The third-order valence-electron chi connectivity index (χ3n) is 5.25. The van der Waals surface area contributed by atoms with Crippen molar-refractivity contribution in [2.24, 2.45) is 7.05 Å². The number of pyridine rings is 1. The smallest absolute Gasteiger partial charge is 0.123 e. The second-order valence-electron chi connectivity index (χ2n) is 7.43. The number of hydrogen-bond acceptors (Lipinski definition) is 3. The maximum absolute atomic E-state index is 13.3. The number of hydrogen-bond donors (Lipinski definition) is 0. The Morgan fingerprint density at radius 2 is 1.93 bits per heavy atom. The highest BCUT2D eigenvalue weighted by Gasteiger charge is 2.26. The first kappa shape index (κ1) is 17.9. The highest BCUT2D eigenvalue weighted by atomic mass is 19.1. The average Bonchev–Trinajstić information content (AvgIpc) is 3.07. The van der Waals surface area contributed by atoms with E-state index in [1.54, 1.807) is 0 Å². The fourth-order valence-electron chi connectivity index (χ4n) is 3.98. The van der Waals surface area contributed by atoms with E-state index in [1.807, 2.05) is 37.0 Å². The number of benzene rings is 1. The summed E-state index contributed by atoms with van der Waals surface area (Å²) in [5.74, 6) is -0.209. The molecule has 1 aliphatic rings. The number of aryl methyl sites for hydroxylation is 2. The van der Waals surface area contributed by atoms with Gasteiger partial charge >= 0.3 is 0 Å². The third-order valence-corrected chi connectivity index (χ3v) is 5.25. The topological polar surface area (TPSA) is 34.0 Å². The monoisotopic (exact) mass is 364 g/mol. The molecule has 4 nitrogen and oxygen atoms in total. The molecule has 1 atom stereocenters. The summed E-state index contributed by atoms with van der Waals surface area (Å²) in [5, 5.41) is 4.30. The molecule has 3 aromatic rings. The summed E-state index contributed by atoms with van der Waals surface area (Å²) in [6.07, 6.45) is 7.57. The van der Waals surface area contributed by atoms with Gasteiger partial charge in [-0.05, 0) is 61.7 Å². The fraction of sp³-hybridized carbons (Fsp3) is 0.364. The lowest BCUT2D eigenvalue weighted by atomic mass is 9.95. The van der Waals surface area contributed by atoms with Crippen molar-refractivity contribution in [2.45, 2.75) is 38.8 Å². The molecule has 4 rings (SSSR count). The predicted octanol–water partition coefficient (Wildman–Crippen LogP) is 4.66. The lowest BCUT2D eigenvalue weighted by Gasteiger charge is -2.35. The van der Waals surface area contributed by atoms with Crippen molar-refractivity contribution in [2.75, 3.05) is 6.54 Å². The Kier molecular flexibility index (Phi) is 5.03. The Labute approximate surface area is 159 Å². The number of piperidine rings is 1. The van der Waals surface area contributed by atoms with Gasteiger partial charge in [-0.1, -0.05) is 18.6 Å². The van der Waals surface area contributed by atoms with Crippen LogP contribution >= 0.6 is 0 Å². The van der Waals surface area contributed by atoms with Crippen molar-refractivity contribution in [3.8, 4) is 11.1 Å². The van der Waals surface area contributed by atoms with Crippen molar-refractivity contribution in [3.05, 3.63) is 71.6 Å². The van der Waals surface area contributed by atoms with Crippen LogP contribution in [0.1, 0.15) is 42.3 Å². The summed E-state index contributed by atoms with van der Waals surface area (Å²) in [6.45, 7) is 3.99. The average molecular weight is 364 g/mol. The lowest BCUT2D eigenvalue weighted by molar-refractivity contribution is 0.137. The van der Waals surface area contributed by atoms with E-state index in [4.69, 9.17) is 4.98 Å². The molecule has 1 fully saturated rings. The van der Waals surface area contributed by atoms with Crippen LogP contribution in [0.25, 0.3) is 11.1 Å². The minimum atomic E-state index is -0.209. The van der Waals surface area contributed by atoms with Crippen molar-refractivity contribution >= 4 is 0 Å². The number of aromatic nitrogens is 3. The molecular formula is C22H25FN4. The first-order chi connectivity index (χ1) is 13.1. The quantitative estimate of drug-likeness (QED) is 0.675. The van der Waals surface area contributed by atoms with Crippen molar-refractivity contribution in [1.82, 2.24) is 19.7 Å². The van der Waals surface area contributed by atoms with Crippen molar-refractivity contribution in [3.63, 3.8) is 0 Å². The molecule has 0 spiro atoms. The molecule has 140 valence electrons. The fourth-order valence-corrected chi connectivity index (χ4v) is 3.98. The first-order valence-electron chi connectivity index (χ1n) is 9.54. The van der Waals surface area contributed by atoms with Gasteiger partial charge in [0.1, 0.15) is 5.82 Å². The van der Waals surface area contributed by atoms with Crippen LogP contribution in [-0.2, 0) is 13.6 Å². The molecule has 1 aliphatic heterocycles. The summed E-state index contributed by atoms with van der Waals surface area (Å²) in [6, 6.07) is 11.3. The minimum Gasteiger partial charge on any atom is -0.290 e. The van der Waals surface area contributed by atoms with Crippen LogP contribution in [0.5, 0.6) is 0 Å². The van der Waals surface area contributed by atoms with Crippen molar-refractivity contribution < 1.29 is 4.39 Å². The van der Waals surface area contributed by atoms with Gasteiger partial charge in [0, 0.05) is 31.0 Å². The molecule has 0 bridgehead atoms. The molecule has 0 radical (unpaired) electrons. The maximum atomic E-state index is 13.3. The molecule has 3 heterocycles. The molecule has 2 aromatic heterocycles. The van der Waals surface area contributed by atoms with Gasteiger partial charge < -0.3 is 0 Å². The molecule has 0 aliphatic carbocycles. The van der Waals surface area contributed by atoms with Gasteiger partial charge in [-0.15, -0.1) is 0 Å². The second-order valence-corrected chi connectivity index (χ2v) is 7.43. The van der Waals surface area contributed by atoms with Gasteiger partial charge in [0.15, 0.2) is 0 Å². The van der Waals surface area contributed by atoms with Gasteiger partial charge in [-0.2, -0.15) is 5.10 Å². The Hall–Kier alpha value is -2.53. The maximum Gasteiger partial charge on any atom is 0.123 e. The van der Waals surface area contributed by atoms with E-state index in [0.29, 0.717) is 6.04 Å². The van der Waals surface area contributed by atoms with E-state index in [2.05, 4.69) is 28.3 Å². The molecule has 1 aromatic carbocycles. The Balaban J connectivity index is 1.64. The van der Waals surface area contributed by atoms with Crippen LogP contribution in [-0.4, -0.2) is 26.2 Å². The number of likely N-dealkylation sites (tertiary alicyclic amines) is 1. The predicted molar refractivity (Wildman–Crippen MR) is 105 cm³/mol. The van der Waals surface area contributed by atoms with Crippen molar-refractivity contribution in [1.29, 1.82) is 0 Å². The second kappa shape index (κ2) is 7.61. The van der Waals surface area contributed by atoms with Crippen LogP contribution in [0, 0.1) is 12.7 Å². The van der Waals surface area contributed by atoms with Crippen LogP contribution in [0.15, 0.2) is 48.8 Å². The molecule has 0 N–H and O–H groups in total. The zero-order valence-electron chi connectivity index (χ0n) is 15.9. The minimum absolute atomic E-state index is 0.209. The summed E-state index contributed by atoms with van der Waals surface area (Å²) in [5.41, 5.74) is 5.47. The number of nitrogens with zero attached hydrogens (tertiary/aromatic N) is 4. The number of halogens is 1. The Morgan fingerprint density at radius 1 is 1.11 bits per heavy atom. The van der Waals surface area contributed by atoms with E-state index >= 15 is 0 Å². The summed E-state index contributed by atoms with van der Waals surface area (Å²) in [7, 11) is 1.95. The van der Waals surface area contributed by atoms with Gasteiger partial charge in [-0.3, -0.25) is 14.6 Å². The van der Waals surface area contributed by atoms with Gasteiger partial charge in [0.25, 0.3) is 0 Å². The molecule has 0 saturated carbocycles. The Morgan fingerprint density at radius 3 is 2.67 bits per heavy atom. The van der Waals surface area contributed by atoms with Crippen LogP contribution < -0.4 is 0 Å². The first-order valence-corrected chi connectivity index (χ1v) is 9.54. The van der Waals surface area contributed by atoms with Crippen LogP contribution in [0.3, 0.4) is 0 Å². The zero-order chi connectivity index (χ0) is 18.8. The summed E-state index contributed by atoms with van der Waals surface area (Å²) in [4.78, 5) is 7.37. The highest BCUT2D eigenvalue weighted by Crippen LogP contribution is 2.33. The molecule has 5 heteroatoms. The van der Waals surface area contributed by atoms with Crippen LogP contribution in [0.4, 0.5) is 4.39 Å². The van der Waals surface area contributed by atoms with E-state index < -0.39 is 0 Å². The molecular weight excluding hydrogens is 339 g/mol. The molecule has 0 unspecified atom stereocenters. The molecule has 27 heavy (non-hydrogen) atoms. The van der Waals surface area contributed by atoms with E-state index in [9.17, 15) is 4.39 Å². The van der Waals surface area contributed by atoms with E-state index in [-0.39, 0.29) is 5.82 Å². The van der Waals surface area contributed by atoms with Gasteiger partial charge in [-0.25, -0.2) is 4.39 Å². The van der Waals surface area contributed by atoms with Crippen LogP contribution in [0.2, 0.25) is 0 Å². The lowest BCUT2D eigenvalue weighted by Crippen LogP contribution is -2.33. The number of rotatable bonds is 4. The summed E-state index contributed by atoms with van der Waals surface area (Å²) < 4.78 is 15.1. The summed E-state index contributed by atoms with van der Waals surface area (Å²) >= 11 is 0. The molecule has 1 saturated heterocycles. The zero-order valence-corrected chi connectivity index (χ0v) is 15.9. The highest BCUT2D eigenvalue weighted by molar-refractivity contribution is 5.64. The third kappa shape index (κ3) is 4.08. The van der Waals surface area contributed by atoms with Gasteiger partial charge in [0.05, 0.1) is 17.9 Å². The molecule has 0 amide bonds. The van der Waals surface area contributed by atoms with E-state index in [0.717, 1.165) is 42.0 Å². The largest absolute Gasteiger partial charge is 0.290 e. The Bertz CT molecular complexity index is 916. The normalized spacial score (nSPS) is 18.0.